The highest BCUT2D eigenvalue weighted by atomic mass is 16.5. The summed E-state index contributed by atoms with van der Waals surface area (Å²) in [5, 5.41) is 2.64. The first-order valence-electron chi connectivity index (χ1n) is 11.3. The number of ether oxygens (including phenoxy) is 1. The Hall–Kier alpha value is -1.32. The van der Waals surface area contributed by atoms with Crippen LogP contribution in [0.15, 0.2) is 12.2 Å². The normalized spacial score (nSPS) is 16.8. The second kappa shape index (κ2) is 16.8. The van der Waals surface area contributed by atoms with E-state index in [0.717, 1.165) is 12.8 Å². The van der Waals surface area contributed by atoms with Crippen LogP contribution in [0.5, 0.6) is 0 Å². The highest BCUT2D eigenvalue weighted by molar-refractivity contribution is 5.87. The van der Waals surface area contributed by atoms with Crippen molar-refractivity contribution in [2.75, 3.05) is 6.61 Å². The number of carbonyl (C=O) groups excluding carboxylic acids is 2. The summed E-state index contributed by atoms with van der Waals surface area (Å²) in [5.41, 5.74) is 0. The number of rotatable bonds is 17. The van der Waals surface area contributed by atoms with Gasteiger partial charge in [0.1, 0.15) is 6.04 Å². The van der Waals surface area contributed by atoms with Gasteiger partial charge in [-0.1, -0.05) is 76.9 Å². The summed E-state index contributed by atoms with van der Waals surface area (Å²) in [6.07, 6.45) is 23.5. The zero-order valence-corrected chi connectivity index (χ0v) is 17.5. The zero-order valence-electron chi connectivity index (χ0n) is 17.5. The van der Waals surface area contributed by atoms with Crippen LogP contribution in [0.1, 0.15) is 110 Å². The Bertz CT molecular complexity index is 420. The zero-order chi connectivity index (χ0) is 19.6. The minimum atomic E-state index is -0.411. The van der Waals surface area contributed by atoms with Crippen molar-refractivity contribution < 1.29 is 14.3 Å². The Kier molecular flexibility index (Phi) is 14.8. The van der Waals surface area contributed by atoms with Crippen LogP contribution >= 0.6 is 0 Å². The van der Waals surface area contributed by atoms with Gasteiger partial charge >= 0.3 is 5.97 Å². The van der Waals surface area contributed by atoms with Gasteiger partial charge in [0.25, 0.3) is 0 Å². The molecule has 0 aliphatic carbocycles. The van der Waals surface area contributed by atoms with E-state index in [1.165, 1.54) is 77.0 Å². The van der Waals surface area contributed by atoms with E-state index >= 15 is 0 Å². The van der Waals surface area contributed by atoms with Gasteiger partial charge in [0, 0.05) is 6.42 Å². The van der Waals surface area contributed by atoms with E-state index in [9.17, 15) is 9.59 Å². The third-order valence-electron chi connectivity index (χ3n) is 5.18. The number of nitrogens with one attached hydrogen (secondary N) is 1. The van der Waals surface area contributed by atoms with Crippen molar-refractivity contribution in [3.05, 3.63) is 12.2 Å². The quantitative estimate of drug-likeness (QED) is 0.196. The summed E-state index contributed by atoms with van der Waals surface area (Å²) < 4.78 is 5.23. The molecule has 1 rings (SSSR count). The van der Waals surface area contributed by atoms with E-state index in [1.807, 2.05) is 0 Å². The lowest BCUT2D eigenvalue weighted by Gasteiger charge is -2.09. The van der Waals surface area contributed by atoms with Gasteiger partial charge in [-0.15, -0.1) is 0 Å². The maximum atomic E-state index is 11.7. The molecule has 4 nitrogen and oxygen atoms in total. The van der Waals surface area contributed by atoms with E-state index < -0.39 is 6.04 Å². The number of hydrogen-bond donors (Lipinski definition) is 1. The average Bonchev–Trinajstić information content (AvgIpc) is 3.10. The fraction of sp³-hybridized carbons (Fsp3) is 0.826. The largest absolute Gasteiger partial charge is 0.464 e. The molecule has 0 bridgehead atoms. The van der Waals surface area contributed by atoms with E-state index in [4.69, 9.17) is 4.74 Å². The highest BCUT2D eigenvalue weighted by Gasteiger charge is 2.28. The lowest BCUT2D eigenvalue weighted by atomic mass is 10.1. The molecular formula is C23H41NO3. The maximum Gasteiger partial charge on any atom is 0.328 e. The minimum absolute atomic E-state index is 0.0470. The second-order valence-electron chi connectivity index (χ2n) is 7.76. The summed E-state index contributed by atoms with van der Waals surface area (Å²) in [4.78, 5) is 22.8. The van der Waals surface area contributed by atoms with Gasteiger partial charge in [-0.3, -0.25) is 4.79 Å². The second-order valence-corrected chi connectivity index (χ2v) is 7.76. The highest BCUT2D eigenvalue weighted by Crippen LogP contribution is 2.11. The molecule has 1 saturated heterocycles. The smallest absolute Gasteiger partial charge is 0.328 e. The molecule has 1 fully saturated rings. The van der Waals surface area contributed by atoms with Gasteiger partial charge in [0.15, 0.2) is 0 Å². The van der Waals surface area contributed by atoms with E-state index in [-0.39, 0.29) is 11.9 Å². The van der Waals surface area contributed by atoms with Crippen molar-refractivity contribution >= 4 is 11.9 Å². The van der Waals surface area contributed by atoms with Crippen LogP contribution in [0, 0.1) is 0 Å². The lowest BCUT2D eigenvalue weighted by Crippen LogP contribution is -2.34. The molecule has 1 aliphatic heterocycles. The molecule has 1 atom stereocenters. The average molecular weight is 380 g/mol. The van der Waals surface area contributed by atoms with Gasteiger partial charge in [-0.05, 0) is 38.5 Å². The molecule has 1 amide bonds. The molecule has 27 heavy (non-hydrogen) atoms. The molecule has 1 aliphatic rings. The fourth-order valence-electron chi connectivity index (χ4n) is 3.41. The fourth-order valence-corrected chi connectivity index (χ4v) is 3.41. The molecule has 156 valence electrons. The van der Waals surface area contributed by atoms with Crippen LogP contribution in [-0.2, 0) is 14.3 Å². The summed E-state index contributed by atoms with van der Waals surface area (Å²) in [7, 11) is 0. The Morgan fingerprint density at radius 3 is 2.04 bits per heavy atom. The lowest BCUT2D eigenvalue weighted by molar-refractivity contribution is -0.146. The molecular weight excluding hydrogens is 338 g/mol. The summed E-state index contributed by atoms with van der Waals surface area (Å²) >= 11 is 0. The Morgan fingerprint density at radius 1 is 0.926 bits per heavy atom. The Balaban J connectivity index is 1.77. The molecule has 0 aromatic heterocycles. The first-order valence-corrected chi connectivity index (χ1v) is 11.3. The van der Waals surface area contributed by atoms with Gasteiger partial charge in [-0.2, -0.15) is 0 Å². The number of amides is 1. The van der Waals surface area contributed by atoms with Crippen LogP contribution in [0.2, 0.25) is 0 Å². The Labute approximate surface area is 166 Å². The molecule has 0 aromatic rings. The molecule has 0 radical (unpaired) electrons. The van der Waals surface area contributed by atoms with Gasteiger partial charge in [0.2, 0.25) is 5.91 Å². The third kappa shape index (κ3) is 13.5. The molecule has 0 saturated carbocycles. The minimum Gasteiger partial charge on any atom is -0.464 e. The van der Waals surface area contributed by atoms with E-state index in [1.54, 1.807) is 0 Å². The number of carbonyl (C=O) groups is 2. The molecule has 0 unspecified atom stereocenters. The maximum absolute atomic E-state index is 11.7. The van der Waals surface area contributed by atoms with Crippen molar-refractivity contribution in [2.45, 2.75) is 116 Å². The van der Waals surface area contributed by atoms with Crippen molar-refractivity contribution in [3.63, 3.8) is 0 Å². The molecule has 1 N–H and O–H groups in total. The topological polar surface area (TPSA) is 55.4 Å². The third-order valence-corrected chi connectivity index (χ3v) is 5.18. The first-order chi connectivity index (χ1) is 13.2. The summed E-state index contributed by atoms with van der Waals surface area (Å²) in [5.74, 6) is -0.317. The standard InChI is InChI=1S/C23H41NO3/c1-2-3-4-5-6-7-8-9-10-11-12-13-14-15-16-17-20-27-23(26)21-18-19-22(25)24-21/h9-10,21H,2-8,11-20H2,1H3,(H,24,25)/b10-9-/t21-/m0/s1. The predicted octanol–water partition coefficient (Wildman–Crippen LogP) is 5.85. The van der Waals surface area contributed by atoms with Crippen LogP contribution < -0.4 is 5.32 Å². The SMILES string of the molecule is CCCCCCCC/C=C\CCCCCCCCOC(=O)[C@@H]1CCC(=O)N1. The molecule has 0 spiro atoms. The Morgan fingerprint density at radius 2 is 1.48 bits per heavy atom. The molecule has 0 aromatic carbocycles. The van der Waals surface area contributed by atoms with Crippen LogP contribution in [0.25, 0.3) is 0 Å². The van der Waals surface area contributed by atoms with Crippen LogP contribution in [0.4, 0.5) is 0 Å². The number of esters is 1. The number of allylic oxidation sites excluding steroid dienone is 2. The number of unbranched alkanes of at least 4 members (excludes halogenated alkanes) is 12. The van der Waals surface area contributed by atoms with Crippen LogP contribution in [-0.4, -0.2) is 24.5 Å². The molecule has 1 heterocycles. The summed E-state index contributed by atoms with van der Waals surface area (Å²) in [6, 6.07) is -0.411. The van der Waals surface area contributed by atoms with Crippen molar-refractivity contribution in [2.24, 2.45) is 0 Å². The van der Waals surface area contributed by atoms with E-state index in [2.05, 4.69) is 24.4 Å². The van der Waals surface area contributed by atoms with Crippen molar-refractivity contribution in [3.8, 4) is 0 Å². The monoisotopic (exact) mass is 379 g/mol. The van der Waals surface area contributed by atoms with Crippen LogP contribution in [0.3, 0.4) is 0 Å². The van der Waals surface area contributed by atoms with Gasteiger partial charge in [-0.25, -0.2) is 4.79 Å². The van der Waals surface area contributed by atoms with Crippen molar-refractivity contribution in [1.82, 2.24) is 5.32 Å². The first kappa shape index (κ1) is 23.7. The van der Waals surface area contributed by atoms with Gasteiger partial charge < -0.3 is 10.1 Å². The van der Waals surface area contributed by atoms with Gasteiger partial charge in [0.05, 0.1) is 6.61 Å². The number of hydrogen-bond acceptors (Lipinski definition) is 3. The van der Waals surface area contributed by atoms with E-state index in [0.29, 0.717) is 19.4 Å². The summed E-state index contributed by atoms with van der Waals surface area (Å²) in [6.45, 7) is 2.74. The molecule has 4 heteroatoms. The predicted molar refractivity (Wildman–Crippen MR) is 112 cm³/mol. The van der Waals surface area contributed by atoms with Crippen molar-refractivity contribution in [1.29, 1.82) is 0 Å².